The van der Waals surface area contributed by atoms with Gasteiger partial charge in [0, 0.05) is 24.4 Å². The van der Waals surface area contributed by atoms with E-state index in [9.17, 15) is 19.5 Å². The largest absolute Gasteiger partial charge is 0.507 e. The predicted octanol–water partition coefficient (Wildman–Crippen LogP) is 6.24. The van der Waals surface area contributed by atoms with Gasteiger partial charge in [0.05, 0.1) is 36.4 Å². The number of methoxy groups -OCH3 is 2. The average molecular weight is 563 g/mol. The first-order valence-corrected chi connectivity index (χ1v) is 13.0. The number of hydrogen-bond donors (Lipinski definition) is 2. The van der Waals surface area contributed by atoms with Gasteiger partial charge in [-0.2, -0.15) is 0 Å². The van der Waals surface area contributed by atoms with Crippen molar-refractivity contribution in [2.45, 2.75) is 39.2 Å². The summed E-state index contributed by atoms with van der Waals surface area (Å²) in [6, 6.07) is 16.1. The second kappa shape index (κ2) is 11.1. The SMILES string of the molecule is COc1cc(OC)c(/C(O)=C2\C(=O)C(=O)N(c3cccc(NC(C)=O)c3)C2c2ccc(C(C)(C)C)cc2)cc1Cl. The molecule has 40 heavy (non-hydrogen) atoms. The molecule has 9 heteroatoms. The fourth-order valence-corrected chi connectivity index (χ4v) is 4.95. The number of nitrogens with zero attached hydrogens (tertiary/aromatic N) is 1. The number of aliphatic hydroxyl groups excluding tert-OH is 1. The van der Waals surface area contributed by atoms with E-state index in [0.717, 1.165) is 5.56 Å². The normalized spacial score (nSPS) is 16.7. The molecule has 1 saturated heterocycles. The number of ketones is 1. The highest BCUT2D eigenvalue weighted by Gasteiger charge is 2.47. The van der Waals surface area contributed by atoms with Gasteiger partial charge in [0.2, 0.25) is 5.91 Å². The third kappa shape index (κ3) is 5.40. The van der Waals surface area contributed by atoms with E-state index in [1.165, 1.54) is 38.2 Å². The molecule has 0 saturated carbocycles. The van der Waals surface area contributed by atoms with Gasteiger partial charge < -0.3 is 19.9 Å². The van der Waals surface area contributed by atoms with Crippen LogP contribution in [0.15, 0.2) is 66.2 Å². The fourth-order valence-electron chi connectivity index (χ4n) is 4.71. The molecule has 1 aliphatic heterocycles. The van der Waals surface area contributed by atoms with Gasteiger partial charge in [-0.3, -0.25) is 19.3 Å². The Morgan fingerprint density at radius 3 is 2.20 bits per heavy atom. The van der Waals surface area contributed by atoms with Crippen LogP contribution in [-0.2, 0) is 19.8 Å². The van der Waals surface area contributed by atoms with Crippen molar-refractivity contribution in [2.75, 3.05) is 24.4 Å². The zero-order valence-electron chi connectivity index (χ0n) is 23.2. The van der Waals surface area contributed by atoms with Crippen LogP contribution < -0.4 is 19.7 Å². The molecule has 208 valence electrons. The standard InChI is InChI=1S/C31H31ClN2O6/c1-17(35)33-20-8-7-9-21(14-20)34-27(18-10-12-19(13-11-18)31(2,3)4)26(29(37)30(34)38)28(36)22-15-23(32)25(40-6)16-24(22)39-5/h7-16,27,36H,1-6H3,(H,33,35)/b28-26+. The zero-order valence-corrected chi connectivity index (χ0v) is 23.9. The van der Waals surface area contributed by atoms with Crippen molar-refractivity contribution < 1.29 is 29.0 Å². The lowest BCUT2D eigenvalue weighted by Crippen LogP contribution is -2.29. The van der Waals surface area contributed by atoms with Crippen molar-refractivity contribution in [1.82, 2.24) is 0 Å². The lowest BCUT2D eigenvalue weighted by Gasteiger charge is -2.27. The van der Waals surface area contributed by atoms with Crippen LogP contribution in [0.2, 0.25) is 5.02 Å². The Balaban J connectivity index is 1.97. The highest BCUT2D eigenvalue weighted by molar-refractivity contribution is 6.51. The molecular formula is C31H31ClN2O6. The van der Waals surface area contributed by atoms with E-state index in [0.29, 0.717) is 22.7 Å². The second-order valence-electron chi connectivity index (χ2n) is 10.5. The van der Waals surface area contributed by atoms with Crippen molar-refractivity contribution in [3.05, 3.63) is 87.9 Å². The number of Topliss-reactive ketones (excluding diaryl/α,β-unsaturated/α-hetero) is 1. The number of nitrogens with one attached hydrogen (secondary N) is 1. The molecule has 0 radical (unpaired) electrons. The second-order valence-corrected chi connectivity index (χ2v) is 10.9. The molecule has 3 aromatic rings. The molecule has 8 nitrogen and oxygen atoms in total. The van der Waals surface area contributed by atoms with Crippen LogP contribution >= 0.6 is 11.6 Å². The average Bonchev–Trinajstić information content (AvgIpc) is 3.17. The first kappa shape index (κ1) is 28.7. The van der Waals surface area contributed by atoms with Gasteiger partial charge in [-0.05, 0) is 40.8 Å². The molecular weight excluding hydrogens is 532 g/mol. The summed E-state index contributed by atoms with van der Waals surface area (Å²) in [6.45, 7) is 7.63. The van der Waals surface area contributed by atoms with E-state index in [4.69, 9.17) is 21.1 Å². The number of benzene rings is 3. The van der Waals surface area contributed by atoms with Gasteiger partial charge in [-0.15, -0.1) is 0 Å². The molecule has 1 aliphatic rings. The van der Waals surface area contributed by atoms with Crippen molar-refractivity contribution >= 4 is 46.3 Å². The van der Waals surface area contributed by atoms with Crippen molar-refractivity contribution in [3.63, 3.8) is 0 Å². The van der Waals surface area contributed by atoms with Crippen molar-refractivity contribution in [2.24, 2.45) is 0 Å². The van der Waals surface area contributed by atoms with Crippen LogP contribution in [0.4, 0.5) is 11.4 Å². The number of carbonyl (C=O) groups is 3. The van der Waals surface area contributed by atoms with Crippen LogP contribution in [-0.4, -0.2) is 36.9 Å². The van der Waals surface area contributed by atoms with Crippen LogP contribution in [0.25, 0.3) is 5.76 Å². The van der Waals surface area contributed by atoms with Gasteiger partial charge in [0.1, 0.15) is 17.3 Å². The topological polar surface area (TPSA) is 105 Å². The van der Waals surface area contributed by atoms with E-state index in [2.05, 4.69) is 26.1 Å². The first-order valence-electron chi connectivity index (χ1n) is 12.6. The lowest BCUT2D eigenvalue weighted by atomic mass is 9.85. The number of anilines is 2. The van der Waals surface area contributed by atoms with Gasteiger partial charge in [0.15, 0.2) is 0 Å². The summed E-state index contributed by atoms with van der Waals surface area (Å²) in [5.41, 5.74) is 2.38. The van der Waals surface area contributed by atoms with E-state index in [-0.39, 0.29) is 33.2 Å². The number of carbonyl (C=O) groups excluding carboxylic acids is 3. The third-order valence-electron chi connectivity index (χ3n) is 6.71. The molecule has 1 fully saturated rings. The van der Waals surface area contributed by atoms with Crippen molar-refractivity contribution in [1.29, 1.82) is 0 Å². The predicted molar refractivity (Wildman–Crippen MR) is 155 cm³/mol. The Kier molecular flexibility index (Phi) is 7.93. The minimum atomic E-state index is -0.979. The highest BCUT2D eigenvalue weighted by atomic mass is 35.5. The summed E-state index contributed by atoms with van der Waals surface area (Å²) in [6.07, 6.45) is 0. The monoisotopic (exact) mass is 562 g/mol. The molecule has 2 N–H and O–H groups in total. The van der Waals surface area contributed by atoms with Gasteiger partial charge in [-0.25, -0.2) is 0 Å². The Bertz CT molecular complexity index is 1520. The molecule has 0 aromatic heterocycles. The van der Waals surface area contributed by atoms with E-state index < -0.39 is 23.5 Å². The lowest BCUT2D eigenvalue weighted by molar-refractivity contribution is -0.132. The zero-order chi connectivity index (χ0) is 29.4. The van der Waals surface area contributed by atoms with E-state index in [1.54, 1.807) is 24.3 Å². The number of hydrogen-bond acceptors (Lipinski definition) is 6. The maximum atomic E-state index is 13.6. The van der Waals surface area contributed by atoms with Gasteiger partial charge >= 0.3 is 0 Å². The Morgan fingerprint density at radius 1 is 0.975 bits per heavy atom. The molecule has 2 amide bonds. The molecule has 1 unspecified atom stereocenters. The number of aliphatic hydroxyl groups is 1. The minimum Gasteiger partial charge on any atom is -0.507 e. The Labute approximate surface area is 238 Å². The molecule has 3 aromatic carbocycles. The quantitative estimate of drug-likeness (QED) is 0.209. The minimum absolute atomic E-state index is 0.125. The number of amides is 2. The summed E-state index contributed by atoms with van der Waals surface area (Å²) in [5.74, 6) is -1.90. The Morgan fingerprint density at radius 2 is 1.62 bits per heavy atom. The molecule has 0 bridgehead atoms. The molecule has 4 rings (SSSR count). The number of rotatable bonds is 6. The molecule has 1 heterocycles. The first-order chi connectivity index (χ1) is 18.9. The Hall–Kier alpha value is -4.30. The van der Waals surface area contributed by atoms with E-state index >= 15 is 0 Å². The summed E-state index contributed by atoms with van der Waals surface area (Å²) in [5, 5.41) is 14.5. The summed E-state index contributed by atoms with van der Waals surface area (Å²) in [7, 11) is 2.86. The van der Waals surface area contributed by atoms with Crippen LogP contribution in [0.5, 0.6) is 11.5 Å². The summed E-state index contributed by atoms with van der Waals surface area (Å²) >= 11 is 6.36. The fraction of sp³-hybridized carbons (Fsp3) is 0.258. The highest BCUT2D eigenvalue weighted by Crippen LogP contribution is 2.45. The van der Waals surface area contributed by atoms with Crippen LogP contribution in [0.1, 0.15) is 50.4 Å². The maximum absolute atomic E-state index is 13.6. The number of halogens is 1. The van der Waals surface area contributed by atoms with E-state index in [1.807, 2.05) is 24.3 Å². The summed E-state index contributed by atoms with van der Waals surface area (Å²) < 4.78 is 10.7. The summed E-state index contributed by atoms with van der Waals surface area (Å²) in [4.78, 5) is 40.2. The van der Waals surface area contributed by atoms with Crippen molar-refractivity contribution in [3.8, 4) is 11.5 Å². The third-order valence-corrected chi connectivity index (χ3v) is 7.01. The molecule has 1 atom stereocenters. The smallest absolute Gasteiger partial charge is 0.300 e. The number of ether oxygens (including phenoxy) is 2. The van der Waals surface area contributed by atoms with Crippen LogP contribution in [0.3, 0.4) is 0 Å². The molecule has 0 spiro atoms. The van der Waals surface area contributed by atoms with Gasteiger partial charge in [-0.1, -0.05) is 62.7 Å². The molecule has 0 aliphatic carbocycles. The van der Waals surface area contributed by atoms with Crippen LogP contribution in [0, 0.1) is 0 Å². The van der Waals surface area contributed by atoms with Gasteiger partial charge in [0.25, 0.3) is 11.7 Å². The maximum Gasteiger partial charge on any atom is 0.300 e.